The van der Waals surface area contributed by atoms with E-state index in [2.05, 4.69) is 0 Å². The predicted molar refractivity (Wildman–Crippen MR) is 94.9 cm³/mol. The number of methoxy groups -OCH3 is 2. The number of nitrogens with zero attached hydrogens (tertiary/aromatic N) is 3. The Morgan fingerprint density at radius 1 is 0.815 bits per heavy atom. The molecule has 0 aromatic heterocycles. The highest BCUT2D eigenvalue weighted by atomic mass is 16.6. The van der Waals surface area contributed by atoms with Crippen LogP contribution in [0.4, 0.5) is 17.1 Å². The van der Waals surface area contributed by atoms with Crippen LogP contribution in [0, 0.1) is 30.3 Å². The van der Waals surface area contributed by atoms with E-state index in [0.29, 0.717) is 29.2 Å². The fourth-order valence-electron chi connectivity index (χ4n) is 2.32. The van der Waals surface area contributed by atoms with Gasteiger partial charge in [0.1, 0.15) is 17.1 Å². The van der Waals surface area contributed by atoms with E-state index in [1.807, 2.05) is 0 Å². The summed E-state index contributed by atoms with van der Waals surface area (Å²) in [6, 6.07) is 6.13. The molecular weight excluding hydrogens is 362 g/mol. The van der Waals surface area contributed by atoms with Crippen molar-refractivity contribution < 1.29 is 24.2 Å². The Morgan fingerprint density at radius 2 is 1.41 bits per heavy atom. The lowest BCUT2D eigenvalue weighted by molar-refractivity contribution is -0.403. The van der Waals surface area contributed by atoms with Gasteiger partial charge < -0.3 is 9.47 Å². The Balaban J connectivity index is 2.64. The average molecular weight is 375 g/mol. The molecule has 0 aliphatic carbocycles. The van der Waals surface area contributed by atoms with Gasteiger partial charge in [0.05, 0.1) is 41.1 Å². The number of rotatable bonds is 7. The molecule has 0 spiro atoms. The van der Waals surface area contributed by atoms with Gasteiger partial charge in [0.2, 0.25) is 0 Å². The van der Waals surface area contributed by atoms with Crippen LogP contribution in [0.2, 0.25) is 0 Å². The molecular formula is C16H13N3O8. The molecule has 0 aliphatic rings. The smallest absolute Gasteiger partial charge is 0.290 e. The highest BCUT2D eigenvalue weighted by molar-refractivity contribution is 5.82. The minimum absolute atomic E-state index is 0.367. The summed E-state index contributed by atoms with van der Waals surface area (Å²) >= 11 is 0. The molecule has 11 nitrogen and oxygen atoms in total. The van der Waals surface area contributed by atoms with Crippen LogP contribution in [-0.4, -0.2) is 29.0 Å². The average Bonchev–Trinajstić information content (AvgIpc) is 2.65. The fourth-order valence-corrected chi connectivity index (χ4v) is 2.32. The van der Waals surface area contributed by atoms with Crippen LogP contribution in [0.5, 0.6) is 11.5 Å². The Morgan fingerprint density at radius 3 is 1.85 bits per heavy atom. The second-order valence-corrected chi connectivity index (χ2v) is 5.11. The van der Waals surface area contributed by atoms with E-state index in [1.165, 1.54) is 20.3 Å². The second-order valence-electron chi connectivity index (χ2n) is 5.11. The van der Waals surface area contributed by atoms with Crippen LogP contribution in [0.15, 0.2) is 30.3 Å². The molecule has 140 valence electrons. The maximum atomic E-state index is 11.3. The van der Waals surface area contributed by atoms with Crippen molar-refractivity contribution in [2.75, 3.05) is 14.2 Å². The molecule has 0 N–H and O–H groups in total. The van der Waals surface area contributed by atoms with Crippen LogP contribution in [0.1, 0.15) is 11.1 Å². The second kappa shape index (κ2) is 7.91. The van der Waals surface area contributed by atoms with Gasteiger partial charge in [0, 0.05) is 11.6 Å². The first-order valence-electron chi connectivity index (χ1n) is 7.29. The summed E-state index contributed by atoms with van der Waals surface area (Å²) in [5, 5.41) is 33.4. The highest BCUT2D eigenvalue weighted by Gasteiger charge is 2.28. The van der Waals surface area contributed by atoms with Gasteiger partial charge in [-0.2, -0.15) is 0 Å². The van der Waals surface area contributed by atoms with Crippen molar-refractivity contribution in [2.45, 2.75) is 0 Å². The Hall–Kier alpha value is -4.02. The molecule has 2 aromatic carbocycles. The van der Waals surface area contributed by atoms with Gasteiger partial charge in [0.15, 0.2) is 0 Å². The van der Waals surface area contributed by atoms with Crippen molar-refractivity contribution in [3.63, 3.8) is 0 Å². The summed E-state index contributed by atoms with van der Waals surface area (Å²) in [6.45, 7) is 0. The summed E-state index contributed by atoms with van der Waals surface area (Å²) in [4.78, 5) is 30.7. The quantitative estimate of drug-likeness (QED) is 0.405. The lowest BCUT2D eigenvalue weighted by atomic mass is 10.1. The van der Waals surface area contributed by atoms with E-state index >= 15 is 0 Å². The Kier molecular flexibility index (Phi) is 5.65. The van der Waals surface area contributed by atoms with Crippen LogP contribution in [0.25, 0.3) is 12.2 Å². The largest absolute Gasteiger partial charge is 0.497 e. The minimum atomic E-state index is -0.931. The lowest BCUT2D eigenvalue weighted by Crippen LogP contribution is -2.00. The van der Waals surface area contributed by atoms with Crippen molar-refractivity contribution in [2.24, 2.45) is 0 Å². The zero-order valence-corrected chi connectivity index (χ0v) is 14.1. The minimum Gasteiger partial charge on any atom is -0.497 e. The maximum absolute atomic E-state index is 11.3. The van der Waals surface area contributed by atoms with E-state index < -0.39 is 31.8 Å². The van der Waals surface area contributed by atoms with E-state index in [-0.39, 0.29) is 5.56 Å². The summed E-state index contributed by atoms with van der Waals surface area (Å²) in [6.07, 6.45) is 2.52. The number of nitro benzene ring substituents is 3. The Bertz CT molecular complexity index is 920. The Labute approximate surface area is 151 Å². The molecule has 2 rings (SSSR count). The maximum Gasteiger partial charge on any atom is 0.290 e. The molecule has 0 radical (unpaired) electrons. The summed E-state index contributed by atoms with van der Waals surface area (Å²) in [7, 11) is 2.87. The molecule has 11 heteroatoms. The topological polar surface area (TPSA) is 148 Å². The van der Waals surface area contributed by atoms with Gasteiger partial charge in [0.25, 0.3) is 17.1 Å². The molecule has 0 unspecified atom stereocenters. The van der Waals surface area contributed by atoms with Gasteiger partial charge >= 0.3 is 0 Å². The van der Waals surface area contributed by atoms with Gasteiger partial charge in [-0.1, -0.05) is 6.08 Å². The molecule has 0 heterocycles. The molecule has 2 aromatic rings. The first-order valence-corrected chi connectivity index (χ1v) is 7.29. The van der Waals surface area contributed by atoms with Crippen LogP contribution >= 0.6 is 0 Å². The SMILES string of the molecule is COc1ccc(/C=C/c2c([N+](=O)[O-])cc([N+](=O)[O-])cc2[N+](=O)[O-])c(OC)c1. The lowest BCUT2D eigenvalue weighted by Gasteiger charge is -2.07. The standard InChI is InChI=1S/C16H13N3O8/c1-26-12-5-3-10(16(9-12)27-2)4-6-13-14(18(22)23)7-11(17(20)21)8-15(13)19(24)25/h3-9H,1-2H3/b6-4+. The third kappa shape index (κ3) is 4.15. The third-order valence-electron chi connectivity index (χ3n) is 3.60. The van der Waals surface area contributed by atoms with Crippen molar-refractivity contribution in [3.05, 3.63) is 71.8 Å². The number of hydrogen-bond acceptors (Lipinski definition) is 8. The third-order valence-corrected chi connectivity index (χ3v) is 3.60. The van der Waals surface area contributed by atoms with Crippen molar-refractivity contribution in [3.8, 4) is 11.5 Å². The number of nitro groups is 3. The number of non-ortho nitro benzene ring substituents is 1. The van der Waals surface area contributed by atoms with Crippen LogP contribution < -0.4 is 9.47 Å². The normalized spacial score (nSPS) is 10.6. The molecule has 0 saturated carbocycles. The van der Waals surface area contributed by atoms with E-state index in [1.54, 1.807) is 18.2 Å². The number of benzene rings is 2. The molecule has 0 amide bonds. The van der Waals surface area contributed by atoms with Crippen LogP contribution in [0.3, 0.4) is 0 Å². The molecule has 0 aliphatic heterocycles. The van der Waals surface area contributed by atoms with E-state index in [9.17, 15) is 30.3 Å². The fraction of sp³-hybridized carbons (Fsp3) is 0.125. The zero-order valence-electron chi connectivity index (χ0n) is 14.1. The molecule has 27 heavy (non-hydrogen) atoms. The number of ether oxygens (including phenoxy) is 2. The number of hydrogen-bond donors (Lipinski definition) is 0. The summed E-state index contributed by atoms with van der Waals surface area (Å²) in [5.41, 5.74) is -2.14. The van der Waals surface area contributed by atoms with Gasteiger partial charge in [-0.15, -0.1) is 0 Å². The molecule has 0 atom stereocenters. The first kappa shape index (κ1) is 19.3. The predicted octanol–water partition coefficient (Wildman–Crippen LogP) is 3.60. The van der Waals surface area contributed by atoms with Crippen LogP contribution in [-0.2, 0) is 0 Å². The first-order chi connectivity index (χ1) is 12.8. The molecule has 0 bridgehead atoms. The van der Waals surface area contributed by atoms with E-state index in [0.717, 1.165) is 6.08 Å². The van der Waals surface area contributed by atoms with E-state index in [4.69, 9.17) is 9.47 Å². The summed E-state index contributed by atoms with van der Waals surface area (Å²) < 4.78 is 10.3. The highest BCUT2D eigenvalue weighted by Crippen LogP contribution is 2.36. The molecule has 0 fully saturated rings. The monoisotopic (exact) mass is 375 g/mol. The van der Waals surface area contributed by atoms with Gasteiger partial charge in [-0.25, -0.2) is 0 Å². The molecule has 0 saturated heterocycles. The van der Waals surface area contributed by atoms with Crippen molar-refractivity contribution in [1.82, 2.24) is 0 Å². The van der Waals surface area contributed by atoms with Gasteiger partial charge in [-0.3, -0.25) is 30.3 Å². The van der Waals surface area contributed by atoms with Crippen molar-refractivity contribution >= 4 is 29.2 Å². The van der Waals surface area contributed by atoms with Crippen molar-refractivity contribution in [1.29, 1.82) is 0 Å². The summed E-state index contributed by atoms with van der Waals surface area (Å²) in [5.74, 6) is 0.883. The zero-order chi connectivity index (χ0) is 20.1. The van der Waals surface area contributed by atoms with Gasteiger partial charge in [-0.05, 0) is 18.2 Å².